The minimum Gasteiger partial charge on any atom is -0.382 e. The Hall–Kier alpha value is -1.47. The molecule has 1 aliphatic rings. The lowest BCUT2D eigenvalue weighted by Gasteiger charge is -2.37. The number of nitriles is 1. The van der Waals surface area contributed by atoms with Gasteiger partial charge < -0.3 is 5.11 Å². The first-order valence-corrected chi connectivity index (χ1v) is 6.17. The zero-order chi connectivity index (χ0) is 13.4. The Kier molecular flexibility index (Phi) is 3.12. The molecule has 96 valence electrons. The van der Waals surface area contributed by atoms with Crippen molar-refractivity contribution in [2.24, 2.45) is 11.3 Å². The fraction of sp³-hybridized carbons (Fsp3) is 0.571. The normalized spacial score (nSPS) is 30.7. The second-order valence-electron chi connectivity index (χ2n) is 5.48. The van der Waals surface area contributed by atoms with Crippen molar-refractivity contribution in [1.29, 1.82) is 5.26 Å². The third-order valence-corrected chi connectivity index (χ3v) is 4.13. The zero-order valence-electron chi connectivity index (χ0n) is 10.7. The summed E-state index contributed by atoms with van der Waals surface area (Å²) >= 11 is 0. The monoisotopic (exact) mass is 248 g/mol. The third kappa shape index (κ3) is 1.89. The predicted molar refractivity (Wildman–Crippen MR) is 64.8 cm³/mol. The summed E-state index contributed by atoms with van der Waals surface area (Å²) in [5, 5.41) is 20.2. The number of hydrogen-bond donors (Lipinski definition) is 1. The molecule has 1 N–H and O–H groups in total. The van der Waals surface area contributed by atoms with E-state index in [9.17, 15) is 14.8 Å². The van der Waals surface area contributed by atoms with Gasteiger partial charge >= 0.3 is 0 Å². The van der Waals surface area contributed by atoms with Crippen molar-refractivity contribution >= 4 is 0 Å². The van der Waals surface area contributed by atoms with Crippen LogP contribution >= 0.6 is 0 Å². The van der Waals surface area contributed by atoms with Gasteiger partial charge in [0.05, 0.1) is 23.4 Å². The number of aromatic nitrogens is 1. The second kappa shape index (κ2) is 4.33. The molecule has 0 aromatic carbocycles. The summed E-state index contributed by atoms with van der Waals surface area (Å²) < 4.78 is 12.9. The number of rotatable bonds is 2. The lowest BCUT2D eigenvalue weighted by atomic mass is 9.70. The van der Waals surface area contributed by atoms with Gasteiger partial charge in [-0.25, -0.2) is 4.39 Å². The maximum Gasteiger partial charge on any atom is 0.141 e. The molecule has 3 nitrogen and oxygen atoms in total. The molecule has 3 unspecified atom stereocenters. The van der Waals surface area contributed by atoms with Crippen molar-refractivity contribution in [1.82, 2.24) is 4.98 Å². The molecule has 1 aromatic rings. The van der Waals surface area contributed by atoms with Crippen LogP contribution in [0.15, 0.2) is 18.3 Å². The first-order valence-electron chi connectivity index (χ1n) is 6.17. The number of pyridine rings is 1. The van der Waals surface area contributed by atoms with Crippen LogP contribution in [0.3, 0.4) is 0 Å². The molecule has 0 saturated heterocycles. The Bertz CT molecular complexity index is 478. The smallest absolute Gasteiger partial charge is 0.141 e. The molecule has 0 bridgehead atoms. The number of hydrogen-bond acceptors (Lipinski definition) is 3. The van der Waals surface area contributed by atoms with Crippen LogP contribution in [0, 0.1) is 28.5 Å². The van der Waals surface area contributed by atoms with Gasteiger partial charge in [-0.3, -0.25) is 4.98 Å². The molecule has 3 atom stereocenters. The predicted octanol–water partition coefficient (Wildman–Crippen LogP) is 2.76. The van der Waals surface area contributed by atoms with Gasteiger partial charge in [0.1, 0.15) is 11.4 Å². The van der Waals surface area contributed by atoms with Crippen molar-refractivity contribution < 1.29 is 9.50 Å². The van der Waals surface area contributed by atoms with Crippen molar-refractivity contribution in [3.05, 3.63) is 29.8 Å². The number of aliphatic hydroxyl groups is 1. The van der Waals surface area contributed by atoms with E-state index in [4.69, 9.17) is 0 Å². The van der Waals surface area contributed by atoms with Crippen LogP contribution in [0.1, 0.15) is 38.8 Å². The van der Waals surface area contributed by atoms with Crippen LogP contribution in [0.4, 0.5) is 4.39 Å². The van der Waals surface area contributed by atoms with Crippen molar-refractivity contribution in [2.45, 2.75) is 38.7 Å². The van der Waals surface area contributed by atoms with E-state index in [2.05, 4.69) is 18.0 Å². The van der Waals surface area contributed by atoms with Crippen LogP contribution in [-0.4, -0.2) is 10.1 Å². The van der Waals surface area contributed by atoms with E-state index in [1.54, 1.807) is 6.92 Å². The molecule has 0 radical (unpaired) electrons. The highest BCUT2D eigenvalue weighted by atomic mass is 19.1. The minimum atomic E-state index is -1.35. The van der Waals surface area contributed by atoms with Crippen LogP contribution in [0.5, 0.6) is 0 Å². The van der Waals surface area contributed by atoms with Gasteiger partial charge in [-0.1, -0.05) is 6.92 Å². The maximum absolute atomic E-state index is 12.9. The van der Waals surface area contributed by atoms with Gasteiger partial charge in [-0.2, -0.15) is 5.26 Å². The summed E-state index contributed by atoms with van der Waals surface area (Å²) in [6.45, 7) is 3.68. The largest absolute Gasteiger partial charge is 0.382 e. The van der Waals surface area contributed by atoms with E-state index in [0.29, 0.717) is 24.5 Å². The summed E-state index contributed by atoms with van der Waals surface area (Å²) in [5.41, 5.74) is -1.81. The number of halogens is 1. The van der Waals surface area contributed by atoms with Crippen LogP contribution in [0.2, 0.25) is 0 Å². The summed E-state index contributed by atoms with van der Waals surface area (Å²) in [4.78, 5) is 3.94. The van der Waals surface area contributed by atoms with Crippen molar-refractivity contribution in [3.8, 4) is 6.07 Å². The molecule has 2 rings (SSSR count). The highest BCUT2D eigenvalue weighted by Gasteiger charge is 2.53. The molecule has 0 spiro atoms. The van der Waals surface area contributed by atoms with E-state index in [1.807, 2.05) is 0 Å². The van der Waals surface area contributed by atoms with E-state index in [0.717, 1.165) is 12.6 Å². The quantitative estimate of drug-likeness (QED) is 0.875. The van der Waals surface area contributed by atoms with E-state index in [-0.39, 0.29) is 0 Å². The molecule has 1 aliphatic carbocycles. The van der Waals surface area contributed by atoms with Crippen molar-refractivity contribution in [2.75, 3.05) is 0 Å². The van der Waals surface area contributed by atoms with Gasteiger partial charge in [0.15, 0.2) is 0 Å². The molecular weight excluding hydrogens is 231 g/mol. The third-order valence-electron chi connectivity index (χ3n) is 4.13. The van der Waals surface area contributed by atoms with Crippen LogP contribution in [0.25, 0.3) is 0 Å². The molecule has 1 aromatic heterocycles. The Labute approximate surface area is 106 Å². The summed E-state index contributed by atoms with van der Waals surface area (Å²) in [6.07, 6.45) is 3.30. The highest BCUT2D eigenvalue weighted by molar-refractivity contribution is 5.23. The van der Waals surface area contributed by atoms with Gasteiger partial charge in [0.25, 0.3) is 0 Å². The summed E-state index contributed by atoms with van der Waals surface area (Å²) in [5.74, 6) is -0.0306. The topological polar surface area (TPSA) is 56.9 Å². The average molecular weight is 248 g/mol. The Morgan fingerprint density at radius 1 is 1.61 bits per heavy atom. The first kappa shape index (κ1) is 13.0. The fourth-order valence-electron chi connectivity index (χ4n) is 2.85. The summed E-state index contributed by atoms with van der Waals surface area (Å²) in [6, 6.07) is 5.00. The Balaban J connectivity index is 2.41. The molecule has 18 heavy (non-hydrogen) atoms. The van der Waals surface area contributed by atoms with Gasteiger partial charge in [-0.05, 0) is 44.2 Å². The highest BCUT2D eigenvalue weighted by Crippen LogP contribution is 2.52. The maximum atomic E-state index is 12.9. The molecule has 0 aliphatic heterocycles. The van der Waals surface area contributed by atoms with E-state index < -0.39 is 16.8 Å². The lowest BCUT2D eigenvalue weighted by Crippen LogP contribution is -2.41. The van der Waals surface area contributed by atoms with E-state index in [1.165, 1.54) is 12.1 Å². The first-order chi connectivity index (χ1) is 8.41. The lowest BCUT2D eigenvalue weighted by molar-refractivity contribution is -0.0475. The number of nitrogens with zero attached hydrogens (tertiary/aromatic N) is 2. The fourth-order valence-corrected chi connectivity index (χ4v) is 2.85. The molecule has 0 amide bonds. The molecule has 1 saturated carbocycles. The van der Waals surface area contributed by atoms with Crippen LogP contribution in [-0.2, 0) is 5.60 Å². The van der Waals surface area contributed by atoms with Crippen molar-refractivity contribution in [3.63, 3.8) is 0 Å². The van der Waals surface area contributed by atoms with Gasteiger partial charge in [0.2, 0.25) is 0 Å². The standard InChI is InChI=1S/C14H17FN2O/c1-10-5-6-14(7-10,9-16)13(2,18)12-4-3-11(15)8-17-12/h3-4,8,10,18H,5-7H2,1-2H3. The summed E-state index contributed by atoms with van der Waals surface area (Å²) in [7, 11) is 0. The molecular formula is C14H17FN2O. The minimum absolute atomic E-state index is 0.361. The van der Waals surface area contributed by atoms with Crippen LogP contribution < -0.4 is 0 Å². The molecule has 1 fully saturated rings. The van der Waals surface area contributed by atoms with E-state index >= 15 is 0 Å². The Morgan fingerprint density at radius 3 is 2.78 bits per heavy atom. The Morgan fingerprint density at radius 2 is 2.33 bits per heavy atom. The SMILES string of the molecule is CC1CCC(C#N)(C(C)(O)c2ccc(F)cn2)C1. The zero-order valence-corrected chi connectivity index (χ0v) is 10.7. The molecule has 1 heterocycles. The second-order valence-corrected chi connectivity index (χ2v) is 5.48. The van der Waals surface area contributed by atoms with Gasteiger partial charge in [-0.15, -0.1) is 0 Å². The molecule has 4 heteroatoms. The average Bonchev–Trinajstić information content (AvgIpc) is 2.73. The van der Waals surface area contributed by atoms with Gasteiger partial charge in [0, 0.05) is 0 Å².